The van der Waals surface area contributed by atoms with Crippen molar-refractivity contribution in [3.63, 3.8) is 0 Å². The highest BCUT2D eigenvalue weighted by atomic mass is 15.4. The van der Waals surface area contributed by atoms with Crippen molar-refractivity contribution in [2.45, 2.75) is 0 Å². The molecular formula is C21H16N4. The van der Waals surface area contributed by atoms with Crippen molar-refractivity contribution in [1.82, 2.24) is 14.9 Å². The van der Waals surface area contributed by atoms with Crippen LogP contribution in [0, 0.1) is 0 Å². The second kappa shape index (κ2) is 6.93. The molecule has 0 radical (unpaired) electrons. The van der Waals surface area contributed by atoms with Crippen LogP contribution >= 0.6 is 0 Å². The van der Waals surface area contributed by atoms with Crippen LogP contribution in [0.15, 0.2) is 96.4 Å². The van der Waals surface area contributed by atoms with Crippen molar-refractivity contribution in [2.75, 3.05) is 0 Å². The predicted molar refractivity (Wildman–Crippen MR) is 100 cm³/mol. The van der Waals surface area contributed by atoms with Crippen LogP contribution in [0.1, 0.15) is 5.56 Å². The van der Waals surface area contributed by atoms with Crippen LogP contribution in [0.25, 0.3) is 22.5 Å². The Bertz CT molecular complexity index is 971. The zero-order valence-corrected chi connectivity index (χ0v) is 13.5. The average molecular weight is 324 g/mol. The van der Waals surface area contributed by atoms with Gasteiger partial charge in [0, 0.05) is 5.56 Å². The lowest BCUT2D eigenvalue weighted by Crippen LogP contribution is -1.93. The van der Waals surface area contributed by atoms with E-state index < -0.39 is 0 Å². The summed E-state index contributed by atoms with van der Waals surface area (Å²) in [6, 6.07) is 28.5. The molecular weight excluding hydrogens is 308 g/mol. The molecule has 0 bridgehead atoms. The third kappa shape index (κ3) is 3.38. The highest BCUT2D eigenvalue weighted by Crippen LogP contribution is 2.19. The summed E-state index contributed by atoms with van der Waals surface area (Å²) >= 11 is 0. The van der Waals surface area contributed by atoms with E-state index in [4.69, 9.17) is 0 Å². The summed E-state index contributed by atoms with van der Waals surface area (Å²) in [5.41, 5.74) is 4.40. The molecule has 0 aliphatic rings. The lowest BCUT2D eigenvalue weighted by molar-refractivity contribution is 0.888. The molecule has 0 fully saturated rings. The number of hydrogen-bond donors (Lipinski definition) is 0. The van der Waals surface area contributed by atoms with Crippen LogP contribution in [0.3, 0.4) is 0 Å². The van der Waals surface area contributed by atoms with Gasteiger partial charge < -0.3 is 0 Å². The van der Waals surface area contributed by atoms with E-state index in [1.165, 1.54) is 11.1 Å². The van der Waals surface area contributed by atoms with Gasteiger partial charge >= 0.3 is 0 Å². The van der Waals surface area contributed by atoms with E-state index >= 15 is 0 Å². The van der Waals surface area contributed by atoms with E-state index in [-0.39, 0.29) is 0 Å². The van der Waals surface area contributed by atoms with E-state index in [0.717, 1.165) is 17.0 Å². The smallest absolute Gasteiger partial charge is 0.184 e. The highest BCUT2D eigenvalue weighted by molar-refractivity contribution is 5.81. The van der Waals surface area contributed by atoms with Gasteiger partial charge in [0.1, 0.15) is 6.33 Å². The van der Waals surface area contributed by atoms with Gasteiger partial charge in [-0.2, -0.15) is 9.78 Å². The van der Waals surface area contributed by atoms with Crippen LogP contribution in [-0.2, 0) is 0 Å². The van der Waals surface area contributed by atoms with Crippen LogP contribution in [-0.4, -0.2) is 21.1 Å². The van der Waals surface area contributed by atoms with Gasteiger partial charge in [-0.3, -0.25) is 0 Å². The number of rotatable bonds is 4. The minimum Gasteiger partial charge on any atom is -0.200 e. The lowest BCUT2D eigenvalue weighted by Gasteiger charge is -2.02. The first-order valence-corrected chi connectivity index (χ1v) is 8.05. The Hall–Kier alpha value is -3.53. The molecule has 0 saturated heterocycles. The molecule has 25 heavy (non-hydrogen) atoms. The molecule has 0 unspecified atom stereocenters. The molecule has 4 rings (SSSR count). The number of benzene rings is 3. The van der Waals surface area contributed by atoms with E-state index in [1.807, 2.05) is 54.7 Å². The van der Waals surface area contributed by atoms with Crippen molar-refractivity contribution in [2.24, 2.45) is 5.10 Å². The highest BCUT2D eigenvalue weighted by Gasteiger charge is 2.05. The van der Waals surface area contributed by atoms with Crippen molar-refractivity contribution < 1.29 is 0 Å². The summed E-state index contributed by atoms with van der Waals surface area (Å²) in [6.07, 6.45) is 3.42. The molecule has 1 aromatic heterocycles. The molecule has 3 aromatic carbocycles. The zero-order valence-electron chi connectivity index (χ0n) is 13.5. The van der Waals surface area contributed by atoms with Gasteiger partial charge in [-0.05, 0) is 16.7 Å². The summed E-state index contributed by atoms with van der Waals surface area (Å²) in [7, 11) is 0. The standard InChI is InChI=1S/C21H16N4/c1-3-7-18(8-4-1)19-13-11-17(12-14-19)15-23-25-16-22-24-21(25)20-9-5-2-6-10-20/h1-16H/b23-15-. The van der Waals surface area contributed by atoms with Crippen LogP contribution < -0.4 is 0 Å². The SMILES string of the molecule is C(=N/n1cnnc1-c1ccccc1)/c1ccc(-c2ccccc2)cc1. The average Bonchev–Trinajstić information content (AvgIpc) is 3.17. The molecule has 0 N–H and O–H groups in total. The molecule has 0 aliphatic heterocycles. The van der Waals surface area contributed by atoms with Gasteiger partial charge in [-0.25, -0.2) is 0 Å². The summed E-state index contributed by atoms with van der Waals surface area (Å²) in [6.45, 7) is 0. The fraction of sp³-hybridized carbons (Fsp3) is 0. The van der Waals surface area contributed by atoms with Crippen LogP contribution in [0.4, 0.5) is 0 Å². The predicted octanol–water partition coefficient (Wildman–Crippen LogP) is 4.49. The molecule has 120 valence electrons. The second-order valence-corrected chi connectivity index (χ2v) is 5.60. The zero-order chi connectivity index (χ0) is 16.9. The quantitative estimate of drug-likeness (QED) is 0.519. The first-order chi connectivity index (χ1) is 12.4. The summed E-state index contributed by atoms with van der Waals surface area (Å²) in [5.74, 6) is 0.720. The Morgan fingerprint density at radius 1 is 0.680 bits per heavy atom. The molecule has 1 heterocycles. The fourth-order valence-electron chi connectivity index (χ4n) is 2.61. The molecule has 0 saturated carbocycles. The van der Waals surface area contributed by atoms with Gasteiger partial charge in [0.2, 0.25) is 0 Å². The molecule has 4 heteroatoms. The summed E-state index contributed by atoms with van der Waals surface area (Å²) < 4.78 is 1.68. The topological polar surface area (TPSA) is 43.1 Å². The number of hydrogen-bond acceptors (Lipinski definition) is 3. The summed E-state index contributed by atoms with van der Waals surface area (Å²) in [4.78, 5) is 0. The Balaban J connectivity index is 1.56. The normalized spacial score (nSPS) is 11.0. The van der Waals surface area contributed by atoms with Crippen molar-refractivity contribution in [3.05, 3.63) is 96.8 Å². The number of aromatic nitrogens is 3. The van der Waals surface area contributed by atoms with Gasteiger partial charge in [0.25, 0.3) is 0 Å². The lowest BCUT2D eigenvalue weighted by atomic mass is 10.0. The molecule has 0 atom stereocenters. The maximum atomic E-state index is 4.48. The Morgan fingerprint density at radius 3 is 1.96 bits per heavy atom. The van der Waals surface area contributed by atoms with E-state index in [2.05, 4.69) is 51.7 Å². The third-order valence-electron chi connectivity index (χ3n) is 3.91. The maximum Gasteiger partial charge on any atom is 0.184 e. The van der Waals surface area contributed by atoms with Gasteiger partial charge in [-0.1, -0.05) is 84.9 Å². The molecule has 0 spiro atoms. The van der Waals surface area contributed by atoms with E-state index in [0.29, 0.717) is 0 Å². The van der Waals surface area contributed by atoms with Crippen molar-refractivity contribution in [3.8, 4) is 22.5 Å². The first-order valence-electron chi connectivity index (χ1n) is 8.05. The monoisotopic (exact) mass is 324 g/mol. The van der Waals surface area contributed by atoms with Gasteiger partial charge in [0.15, 0.2) is 5.82 Å². The van der Waals surface area contributed by atoms with Crippen molar-refractivity contribution >= 4 is 6.21 Å². The van der Waals surface area contributed by atoms with Gasteiger partial charge in [0.05, 0.1) is 6.21 Å². The van der Waals surface area contributed by atoms with Crippen molar-refractivity contribution in [1.29, 1.82) is 0 Å². The fourth-order valence-corrected chi connectivity index (χ4v) is 2.61. The Kier molecular flexibility index (Phi) is 4.16. The Labute approximate surface area is 146 Å². The third-order valence-corrected chi connectivity index (χ3v) is 3.91. The van der Waals surface area contributed by atoms with Gasteiger partial charge in [-0.15, -0.1) is 10.2 Å². The second-order valence-electron chi connectivity index (χ2n) is 5.60. The number of nitrogens with zero attached hydrogens (tertiary/aromatic N) is 4. The maximum absolute atomic E-state index is 4.48. The first kappa shape index (κ1) is 15.0. The minimum atomic E-state index is 0.720. The Morgan fingerprint density at radius 2 is 1.28 bits per heavy atom. The molecule has 0 aliphatic carbocycles. The summed E-state index contributed by atoms with van der Waals surface area (Å²) in [5, 5.41) is 12.6. The van der Waals surface area contributed by atoms with Crippen LogP contribution in [0.2, 0.25) is 0 Å². The van der Waals surface area contributed by atoms with Crippen LogP contribution in [0.5, 0.6) is 0 Å². The molecule has 4 aromatic rings. The minimum absolute atomic E-state index is 0.720. The molecule has 0 amide bonds. The van der Waals surface area contributed by atoms with E-state index in [9.17, 15) is 0 Å². The molecule has 4 nitrogen and oxygen atoms in total. The van der Waals surface area contributed by atoms with E-state index in [1.54, 1.807) is 11.0 Å². The largest absolute Gasteiger partial charge is 0.200 e.